The second-order valence-corrected chi connectivity index (χ2v) is 6.55. The molecular formula is C17H21ClFNO3. The van der Waals surface area contributed by atoms with Crippen LogP contribution in [0.1, 0.15) is 43.5 Å². The summed E-state index contributed by atoms with van der Waals surface area (Å²) in [6.07, 6.45) is 3.20. The van der Waals surface area contributed by atoms with Gasteiger partial charge in [0.15, 0.2) is 6.61 Å². The molecular weight excluding hydrogens is 321 g/mol. The third kappa shape index (κ3) is 4.67. The number of esters is 1. The van der Waals surface area contributed by atoms with Gasteiger partial charge in [-0.3, -0.25) is 4.79 Å². The number of rotatable bonds is 4. The van der Waals surface area contributed by atoms with Crippen LogP contribution in [0, 0.1) is 17.7 Å². The van der Waals surface area contributed by atoms with E-state index in [4.69, 9.17) is 16.3 Å². The Labute approximate surface area is 140 Å². The first kappa shape index (κ1) is 17.7. The van der Waals surface area contributed by atoms with Crippen molar-refractivity contribution in [1.29, 1.82) is 0 Å². The van der Waals surface area contributed by atoms with E-state index in [1.807, 2.05) is 0 Å². The number of ether oxygens (including phenoxy) is 1. The lowest BCUT2D eigenvalue weighted by molar-refractivity contribution is -0.125. The van der Waals surface area contributed by atoms with Crippen LogP contribution in [0.5, 0.6) is 0 Å². The van der Waals surface area contributed by atoms with Crippen molar-refractivity contribution in [3.8, 4) is 0 Å². The minimum atomic E-state index is -0.741. The van der Waals surface area contributed by atoms with Gasteiger partial charge in [-0.05, 0) is 36.5 Å². The number of halogens is 2. The molecule has 1 saturated carbocycles. The van der Waals surface area contributed by atoms with Crippen LogP contribution in [0.15, 0.2) is 18.2 Å². The Bertz CT molecular complexity index is 593. The molecule has 0 bridgehead atoms. The number of nitrogens with one attached hydrogen (secondary N) is 1. The Morgan fingerprint density at radius 1 is 1.35 bits per heavy atom. The highest BCUT2D eigenvalue weighted by Gasteiger charge is 2.28. The normalized spacial score (nSPS) is 24.1. The van der Waals surface area contributed by atoms with Crippen molar-refractivity contribution < 1.29 is 18.7 Å². The maximum atomic E-state index is 13.0. The Kier molecular flexibility index (Phi) is 5.99. The van der Waals surface area contributed by atoms with Crippen molar-refractivity contribution in [3.63, 3.8) is 0 Å². The lowest BCUT2D eigenvalue weighted by atomic mass is 9.78. The zero-order chi connectivity index (χ0) is 17.0. The Morgan fingerprint density at radius 2 is 2.09 bits per heavy atom. The summed E-state index contributed by atoms with van der Waals surface area (Å²) in [5.41, 5.74) is 0.0422. The third-order valence-electron chi connectivity index (χ3n) is 4.54. The van der Waals surface area contributed by atoms with E-state index in [2.05, 4.69) is 19.2 Å². The molecule has 1 aromatic rings. The van der Waals surface area contributed by atoms with Gasteiger partial charge in [-0.1, -0.05) is 38.3 Å². The molecule has 6 heteroatoms. The fourth-order valence-corrected chi connectivity index (χ4v) is 3.14. The first-order valence-corrected chi connectivity index (χ1v) is 8.18. The molecule has 1 amide bonds. The fraction of sp³-hybridized carbons (Fsp3) is 0.529. The standard InChI is InChI=1S/C17H21ClFNO3/c1-10-4-3-5-15(11(10)2)20-16(21)9-23-17(22)13-7-6-12(19)8-14(13)18/h6-8,10-11,15H,3-5,9H2,1-2H3,(H,20,21). The fourth-order valence-electron chi connectivity index (χ4n) is 2.90. The van der Waals surface area contributed by atoms with Crippen LogP contribution >= 0.6 is 11.6 Å². The van der Waals surface area contributed by atoms with Crippen molar-refractivity contribution in [2.45, 2.75) is 39.2 Å². The Morgan fingerprint density at radius 3 is 2.78 bits per heavy atom. The predicted octanol–water partition coefficient (Wildman–Crippen LogP) is 3.58. The van der Waals surface area contributed by atoms with Crippen molar-refractivity contribution in [3.05, 3.63) is 34.6 Å². The summed E-state index contributed by atoms with van der Waals surface area (Å²) < 4.78 is 17.9. The minimum absolute atomic E-state index is 0.0369. The Hall–Kier alpha value is -1.62. The van der Waals surface area contributed by atoms with Crippen LogP contribution in [0.4, 0.5) is 4.39 Å². The molecule has 126 valence electrons. The molecule has 1 aliphatic rings. The van der Waals surface area contributed by atoms with E-state index < -0.39 is 11.8 Å². The van der Waals surface area contributed by atoms with Gasteiger partial charge in [-0.2, -0.15) is 0 Å². The smallest absolute Gasteiger partial charge is 0.340 e. The van der Waals surface area contributed by atoms with Gasteiger partial charge >= 0.3 is 5.97 Å². The summed E-state index contributed by atoms with van der Waals surface area (Å²) in [5, 5.41) is 2.88. The molecule has 0 aliphatic heterocycles. The van der Waals surface area contributed by atoms with Crippen molar-refractivity contribution in [1.82, 2.24) is 5.32 Å². The van der Waals surface area contributed by atoms with Crippen LogP contribution in [0.2, 0.25) is 5.02 Å². The molecule has 3 unspecified atom stereocenters. The zero-order valence-corrected chi connectivity index (χ0v) is 14.0. The highest BCUT2D eigenvalue weighted by atomic mass is 35.5. The summed E-state index contributed by atoms with van der Waals surface area (Å²) in [6, 6.07) is 3.50. The summed E-state index contributed by atoms with van der Waals surface area (Å²) in [4.78, 5) is 23.8. The number of carbonyl (C=O) groups is 2. The first-order valence-electron chi connectivity index (χ1n) is 7.80. The Balaban J connectivity index is 1.85. The van der Waals surface area contributed by atoms with Gasteiger partial charge in [-0.25, -0.2) is 9.18 Å². The van der Waals surface area contributed by atoms with Crippen LogP contribution in [-0.2, 0) is 9.53 Å². The lowest BCUT2D eigenvalue weighted by Gasteiger charge is -2.34. The van der Waals surface area contributed by atoms with Gasteiger partial charge in [0.1, 0.15) is 5.82 Å². The summed E-state index contributed by atoms with van der Waals surface area (Å²) in [6.45, 7) is 3.93. The van der Waals surface area contributed by atoms with Crippen LogP contribution in [-0.4, -0.2) is 24.5 Å². The molecule has 4 nitrogen and oxygen atoms in total. The van der Waals surface area contributed by atoms with Gasteiger partial charge in [0.25, 0.3) is 5.91 Å². The summed E-state index contributed by atoms with van der Waals surface area (Å²) in [5.74, 6) is -0.646. The monoisotopic (exact) mass is 341 g/mol. The molecule has 0 saturated heterocycles. The van der Waals surface area contributed by atoms with Crippen LogP contribution in [0.25, 0.3) is 0 Å². The summed E-state index contributed by atoms with van der Waals surface area (Å²) >= 11 is 5.79. The first-order chi connectivity index (χ1) is 10.9. The predicted molar refractivity (Wildman–Crippen MR) is 85.8 cm³/mol. The quantitative estimate of drug-likeness (QED) is 0.852. The van der Waals surface area contributed by atoms with E-state index in [0.29, 0.717) is 11.8 Å². The van der Waals surface area contributed by atoms with Gasteiger partial charge in [0, 0.05) is 6.04 Å². The van der Waals surface area contributed by atoms with Crippen LogP contribution in [0.3, 0.4) is 0 Å². The average Bonchev–Trinajstić information content (AvgIpc) is 2.49. The number of benzene rings is 1. The number of hydrogen-bond acceptors (Lipinski definition) is 3. The third-order valence-corrected chi connectivity index (χ3v) is 4.85. The lowest BCUT2D eigenvalue weighted by Crippen LogP contribution is -2.45. The molecule has 23 heavy (non-hydrogen) atoms. The molecule has 1 fully saturated rings. The molecule has 1 aromatic carbocycles. The van der Waals surface area contributed by atoms with Gasteiger partial charge in [-0.15, -0.1) is 0 Å². The second kappa shape index (κ2) is 7.77. The van der Waals surface area contributed by atoms with Crippen molar-refractivity contribution >= 4 is 23.5 Å². The topological polar surface area (TPSA) is 55.4 Å². The van der Waals surface area contributed by atoms with Gasteiger partial charge in [0.2, 0.25) is 0 Å². The van der Waals surface area contributed by atoms with Crippen LogP contribution < -0.4 is 5.32 Å². The number of amides is 1. The van der Waals surface area contributed by atoms with E-state index in [9.17, 15) is 14.0 Å². The zero-order valence-electron chi connectivity index (χ0n) is 13.3. The molecule has 0 heterocycles. The van der Waals surface area contributed by atoms with E-state index in [1.54, 1.807) is 0 Å². The maximum Gasteiger partial charge on any atom is 0.340 e. The molecule has 0 aromatic heterocycles. The summed E-state index contributed by atoms with van der Waals surface area (Å²) in [7, 11) is 0. The maximum absolute atomic E-state index is 13.0. The molecule has 1 N–H and O–H groups in total. The van der Waals surface area contributed by atoms with Gasteiger partial charge in [0.05, 0.1) is 10.6 Å². The van der Waals surface area contributed by atoms with E-state index in [1.165, 1.54) is 12.5 Å². The number of carbonyl (C=O) groups excluding carboxylic acids is 2. The average molecular weight is 342 g/mol. The minimum Gasteiger partial charge on any atom is -0.452 e. The molecule has 0 radical (unpaired) electrons. The number of hydrogen-bond donors (Lipinski definition) is 1. The molecule has 2 rings (SSSR count). The van der Waals surface area contributed by atoms with E-state index in [0.717, 1.165) is 25.0 Å². The second-order valence-electron chi connectivity index (χ2n) is 6.14. The van der Waals surface area contributed by atoms with E-state index in [-0.39, 0.29) is 29.1 Å². The van der Waals surface area contributed by atoms with Crippen molar-refractivity contribution in [2.24, 2.45) is 11.8 Å². The SMILES string of the molecule is CC1CCCC(NC(=O)COC(=O)c2ccc(F)cc2Cl)C1C. The van der Waals surface area contributed by atoms with E-state index >= 15 is 0 Å². The highest BCUT2D eigenvalue weighted by Crippen LogP contribution is 2.29. The highest BCUT2D eigenvalue weighted by molar-refractivity contribution is 6.33. The molecule has 1 aliphatic carbocycles. The van der Waals surface area contributed by atoms with Crippen molar-refractivity contribution in [2.75, 3.05) is 6.61 Å². The largest absolute Gasteiger partial charge is 0.452 e. The van der Waals surface area contributed by atoms with Gasteiger partial charge < -0.3 is 10.1 Å². The molecule has 0 spiro atoms. The molecule has 3 atom stereocenters.